The number of rotatable bonds is 3. The molecule has 3 aliphatic rings. The summed E-state index contributed by atoms with van der Waals surface area (Å²) in [5.41, 5.74) is 4.01. The number of carbonyl (C=O) groups excluding carboxylic acids is 1. The van der Waals surface area contributed by atoms with E-state index < -0.39 is 6.10 Å². The van der Waals surface area contributed by atoms with Crippen LogP contribution in [-0.4, -0.2) is 34.6 Å². The van der Waals surface area contributed by atoms with Gasteiger partial charge in [-0.15, -0.1) is 0 Å². The summed E-state index contributed by atoms with van der Waals surface area (Å²) < 4.78 is 13.7. The Labute approximate surface area is 203 Å². The Morgan fingerprint density at radius 2 is 1.86 bits per heavy atom. The van der Waals surface area contributed by atoms with E-state index in [4.69, 9.17) is 9.15 Å². The maximum Gasteiger partial charge on any atom is 0.339 e. The number of ether oxygens (including phenoxy) is 1. The molecule has 182 valence electrons. The molecule has 0 spiro atoms. The van der Waals surface area contributed by atoms with E-state index in [0.29, 0.717) is 31.0 Å². The van der Waals surface area contributed by atoms with Crippen LogP contribution in [0.15, 0.2) is 44.3 Å². The average Bonchev–Trinajstić information content (AvgIpc) is 2.86. The zero-order chi connectivity index (χ0) is 24.3. The summed E-state index contributed by atoms with van der Waals surface area (Å²) in [6.07, 6.45) is 4.07. The maximum absolute atomic E-state index is 13.4. The molecule has 0 saturated carbocycles. The summed E-state index contributed by atoms with van der Waals surface area (Å²) in [6.45, 7) is 5.52. The largest absolute Gasteiger partial charge is 0.480 e. The minimum Gasteiger partial charge on any atom is -0.480 e. The second-order valence-corrected chi connectivity index (χ2v) is 10.3. The van der Waals surface area contributed by atoms with E-state index in [-0.39, 0.29) is 28.9 Å². The Balaban J connectivity index is 1.24. The number of amides is 1. The summed E-state index contributed by atoms with van der Waals surface area (Å²) in [6, 6.07) is 9.26. The Kier molecular flexibility index (Phi) is 5.31. The smallest absolute Gasteiger partial charge is 0.339 e. The van der Waals surface area contributed by atoms with Crippen molar-refractivity contribution in [1.29, 1.82) is 0 Å². The van der Waals surface area contributed by atoms with Crippen LogP contribution < -0.4 is 15.9 Å². The van der Waals surface area contributed by atoms with E-state index in [1.165, 1.54) is 0 Å². The van der Waals surface area contributed by atoms with Gasteiger partial charge >= 0.3 is 5.63 Å². The van der Waals surface area contributed by atoms with Crippen molar-refractivity contribution >= 4 is 16.9 Å². The number of aryl methyl sites for hydroxylation is 2. The molecule has 1 amide bonds. The number of pyridine rings is 1. The third-order valence-corrected chi connectivity index (χ3v) is 8.03. The topological polar surface area (TPSA) is 81.8 Å². The third kappa shape index (κ3) is 3.68. The molecule has 6 rings (SSSR count). The second kappa shape index (κ2) is 8.40. The van der Waals surface area contributed by atoms with Gasteiger partial charge in [0.1, 0.15) is 11.3 Å². The van der Waals surface area contributed by atoms with Gasteiger partial charge in [-0.05, 0) is 75.6 Å². The van der Waals surface area contributed by atoms with E-state index in [9.17, 15) is 14.4 Å². The van der Waals surface area contributed by atoms with Gasteiger partial charge < -0.3 is 18.6 Å². The number of hydrogen-bond donors (Lipinski definition) is 0. The lowest BCUT2D eigenvalue weighted by Gasteiger charge is -2.43. The molecule has 0 unspecified atom stereocenters. The summed E-state index contributed by atoms with van der Waals surface area (Å²) in [5.74, 6) is 0.931. The third-order valence-electron chi connectivity index (χ3n) is 8.03. The van der Waals surface area contributed by atoms with Gasteiger partial charge in [-0.1, -0.05) is 6.07 Å². The molecule has 1 aromatic carbocycles. The summed E-state index contributed by atoms with van der Waals surface area (Å²) in [7, 11) is 0. The minimum absolute atomic E-state index is 0.0355. The molecule has 3 aromatic rings. The summed E-state index contributed by atoms with van der Waals surface area (Å²) in [4.78, 5) is 40.2. The van der Waals surface area contributed by atoms with Gasteiger partial charge in [0.2, 0.25) is 0 Å². The lowest BCUT2D eigenvalue weighted by Crippen LogP contribution is -2.52. The molecular weight excluding hydrogens is 444 g/mol. The molecule has 1 fully saturated rings. The van der Waals surface area contributed by atoms with Crippen molar-refractivity contribution in [2.75, 3.05) is 13.1 Å². The molecule has 1 aliphatic carbocycles. The van der Waals surface area contributed by atoms with Gasteiger partial charge in [0.25, 0.3) is 11.5 Å². The van der Waals surface area contributed by atoms with Crippen LogP contribution in [0.3, 0.4) is 0 Å². The molecule has 3 atom stereocenters. The molecule has 0 N–H and O–H groups in total. The minimum atomic E-state index is -0.674. The van der Waals surface area contributed by atoms with Crippen molar-refractivity contribution in [3.63, 3.8) is 0 Å². The summed E-state index contributed by atoms with van der Waals surface area (Å²) >= 11 is 0. The molecular formula is C28H30N2O5. The Morgan fingerprint density at radius 1 is 1.06 bits per heavy atom. The quantitative estimate of drug-likeness (QED) is 0.542. The highest BCUT2D eigenvalue weighted by molar-refractivity contribution is 5.86. The van der Waals surface area contributed by atoms with E-state index in [1.54, 1.807) is 19.1 Å². The number of nitrogens with zero attached hydrogens (tertiary/aromatic N) is 2. The normalized spacial score (nSPS) is 21.8. The van der Waals surface area contributed by atoms with Crippen LogP contribution in [0.4, 0.5) is 0 Å². The highest BCUT2D eigenvalue weighted by Gasteiger charge is 2.37. The van der Waals surface area contributed by atoms with Crippen molar-refractivity contribution in [2.45, 2.75) is 64.5 Å². The molecule has 35 heavy (non-hydrogen) atoms. The van der Waals surface area contributed by atoms with E-state index in [0.717, 1.165) is 59.9 Å². The van der Waals surface area contributed by atoms with Crippen molar-refractivity contribution in [2.24, 2.45) is 5.92 Å². The zero-order valence-corrected chi connectivity index (χ0v) is 20.2. The van der Waals surface area contributed by atoms with E-state index in [1.807, 2.05) is 34.6 Å². The Morgan fingerprint density at radius 3 is 2.69 bits per heavy atom. The van der Waals surface area contributed by atoms with Gasteiger partial charge in [-0.25, -0.2) is 4.79 Å². The van der Waals surface area contributed by atoms with Crippen molar-refractivity contribution in [1.82, 2.24) is 9.47 Å². The van der Waals surface area contributed by atoms with Crippen LogP contribution in [0.2, 0.25) is 0 Å². The van der Waals surface area contributed by atoms with Crippen LogP contribution in [-0.2, 0) is 24.2 Å². The molecule has 2 aliphatic heterocycles. The number of piperidine rings is 1. The molecule has 1 saturated heterocycles. The first-order valence-corrected chi connectivity index (χ1v) is 12.6. The van der Waals surface area contributed by atoms with E-state index >= 15 is 0 Å². The SMILES string of the molecule is Cc1c(O[C@H](C)C(=O)N2C[C@@H]3C[C@@H](C2)c2cccc(=O)n2C3)ccc2c3c(c(=O)oc12)CCCC3. The van der Waals surface area contributed by atoms with Gasteiger partial charge in [0.05, 0.1) is 0 Å². The lowest BCUT2D eigenvalue weighted by atomic mass is 9.83. The number of benzene rings is 1. The zero-order valence-electron chi connectivity index (χ0n) is 20.2. The van der Waals surface area contributed by atoms with Crippen molar-refractivity contribution in [3.8, 4) is 5.75 Å². The predicted molar refractivity (Wildman–Crippen MR) is 132 cm³/mol. The monoisotopic (exact) mass is 474 g/mol. The maximum atomic E-state index is 13.4. The van der Waals surface area contributed by atoms with E-state index in [2.05, 4.69) is 0 Å². The molecule has 2 aromatic heterocycles. The molecule has 0 radical (unpaired) electrons. The Bertz CT molecular complexity index is 1450. The van der Waals surface area contributed by atoms with Crippen LogP contribution in [0.1, 0.15) is 54.5 Å². The fourth-order valence-corrected chi connectivity index (χ4v) is 6.33. The van der Waals surface area contributed by atoms with Gasteiger partial charge in [-0.2, -0.15) is 0 Å². The molecule has 7 heteroatoms. The number of likely N-dealkylation sites (tertiary alicyclic amines) is 1. The van der Waals surface area contributed by atoms with Crippen molar-refractivity contribution < 1.29 is 13.9 Å². The second-order valence-electron chi connectivity index (χ2n) is 10.3. The molecule has 4 heterocycles. The average molecular weight is 475 g/mol. The standard InChI is InChI=1S/C28H30N2O5/c1-16-24(11-10-21-20-6-3-4-7-22(20)28(33)35-26(16)21)34-17(2)27(32)29-13-18-12-19(15-29)23-8-5-9-25(31)30(23)14-18/h5,8-11,17-19H,3-4,6-7,12-15H2,1-2H3/t17-,18+,19+/m1/s1. The van der Waals surface area contributed by atoms with Gasteiger partial charge in [0, 0.05) is 53.8 Å². The van der Waals surface area contributed by atoms with Crippen LogP contribution >= 0.6 is 0 Å². The van der Waals surface area contributed by atoms with Crippen LogP contribution in [0.5, 0.6) is 5.75 Å². The summed E-state index contributed by atoms with van der Waals surface area (Å²) in [5, 5.41) is 0.973. The predicted octanol–water partition coefficient (Wildman–Crippen LogP) is 3.56. The van der Waals surface area contributed by atoms with Crippen molar-refractivity contribution in [3.05, 3.63) is 73.5 Å². The molecule has 7 nitrogen and oxygen atoms in total. The first kappa shape index (κ1) is 22.1. The Hall–Kier alpha value is -3.35. The fourth-order valence-electron chi connectivity index (χ4n) is 6.33. The molecule has 2 bridgehead atoms. The van der Waals surface area contributed by atoms with Gasteiger partial charge in [-0.3, -0.25) is 9.59 Å². The fraction of sp³-hybridized carbons (Fsp3) is 0.464. The number of carbonyl (C=O) groups is 1. The highest BCUT2D eigenvalue weighted by atomic mass is 16.5. The van der Waals surface area contributed by atoms with Crippen LogP contribution in [0, 0.1) is 12.8 Å². The van der Waals surface area contributed by atoms with Gasteiger partial charge in [0.15, 0.2) is 6.10 Å². The first-order valence-electron chi connectivity index (χ1n) is 12.6. The number of hydrogen-bond acceptors (Lipinski definition) is 5. The first-order chi connectivity index (χ1) is 16.9. The highest BCUT2D eigenvalue weighted by Crippen LogP contribution is 2.36. The lowest BCUT2D eigenvalue weighted by molar-refractivity contribution is -0.140. The number of aromatic nitrogens is 1. The number of fused-ring (bicyclic) bond motifs is 7. The van der Waals surface area contributed by atoms with Crippen LogP contribution in [0.25, 0.3) is 11.0 Å².